The van der Waals surface area contributed by atoms with Crippen LogP contribution in [0.25, 0.3) is 11.1 Å². The second-order valence-electron chi connectivity index (χ2n) is 4.26. The maximum Gasteiger partial charge on any atom is 0.223 e. The molecule has 0 bridgehead atoms. The molecular formula is C15H17N5O. The largest absolute Gasteiger partial charge is 0.494 e. The van der Waals surface area contributed by atoms with Gasteiger partial charge in [-0.25, -0.2) is 4.99 Å². The lowest BCUT2D eigenvalue weighted by molar-refractivity contribution is 0.416. The first kappa shape index (κ1) is 14.4. The van der Waals surface area contributed by atoms with Gasteiger partial charge in [0.1, 0.15) is 11.4 Å². The zero-order valence-corrected chi connectivity index (χ0v) is 11.7. The SMILES string of the molecule is COc1ccc(-c2ccccc2)cc1N=C(N)N=C(N)N. The van der Waals surface area contributed by atoms with Gasteiger partial charge in [0.05, 0.1) is 7.11 Å². The van der Waals surface area contributed by atoms with Crippen LogP contribution in [0.3, 0.4) is 0 Å². The zero-order chi connectivity index (χ0) is 15.2. The van der Waals surface area contributed by atoms with E-state index in [0.29, 0.717) is 11.4 Å². The van der Waals surface area contributed by atoms with Crippen LogP contribution in [-0.4, -0.2) is 19.0 Å². The van der Waals surface area contributed by atoms with Crippen molar-refractivity contribution in [1.29, 1.82) is 0 Å². The molecule has 0 saturated carbocycles. The molecule has 0 spiro atoms. The lowest BCUT2D eigenvalue weighted by Crippen LogP contribution is -2.26. The molecule has 2 rings (SSSR count). The number of ether oxygens (including phenoxy) is 1. The summed E-state index contributed by atoms with van der Waals surface area (Å²) in [4.78, 5) is 7.87. The van der Waals surface area contributed by atoms with Crippen LogP contribution in [-0.2, 0) is 0 Å². The van der Waals surface area contributed by atoms with Crippen LogP contribution in [0.2, 0.25) is 0 Å². The van der Waals surface area contributed by atoms with Gasteiger partial charge in [-0.2, -0.15) is 4.99 Å². The van der Waals surface area contributed by atoms with Crippen LogP contribution in [0.5, 0.6) is 5.75 Å². The van der Waals surface area contributed by atoms with Gasteiger partial charge in [-0.3, -0.25) is 0 Å². The molecule has 6 nitrogen and oxygen atoms in total. The highest BCUT2D eigenvalue weighted by molar-refractivity contribution is 5.94. The van der Waals surface area contributed by atoms with Gasteiger partial charge in [0, 0.05) is 0 Å². The highest BCUT2D eigenvalue weighted by Crippen LogP contribution is 2.32. The maximum atomic E-state index is 5.67. The molecule has 0 aliphatic carbocycles. The third-order valence-corrected chi connectivity index (χ3v) is 2.76. The van der Waals surface area contributed by atoms with Crippen LogP contribution >= 0.6 is 0 Å². The lowest BCUT2D eigenvalue weighted by Gasteiger charge is -2.08. The fraction of sp³-hybridized carbons (Fsp3) is 0.0667. The first-order chi connectivity index (χ1) is 10.1. The van der Waals surface area contributed by atoms with Crippen molar-refractivity contribution in [3.8, 4) is 16.9 Å². The summed E-state index contributed by atoms with van der Waals surface area (Å²) < 4.78 is 5.27. The average molecular weight is 283 g/mol. The van der Waals surface area contributed by atoms with Crippen LogP contribution in [0, 0.1) is 0 Å². The van der Waals surface area contributed by atoms with Gasteiger partial charge in [0.2, 0.25) is 5.96 Å². The summed E-state index contributed by atoms with van der Waals surface area (Å²) in [6, 6.07) is 15.6. The van der Waals surface area contributed by atoms with Crippen molar-refractivity contribution in [2.24, 2.45) is 27.2 Å². The Balaban J connectivity index is 2.47. The van der Waals surface area contributed by atoms with Gasteiger partial charge >= 0.3 is 0 Å². The summed E-state index contributed by atoms with van der Waals surface area (Å²) in [5.74, 6) is 0.413. The van der Waals surface area contributed by atoms with E-state index in [1.54, 1.807) is 7.11 Å². The third-order valence-electron chi connectivity index (χ3n) is 2.76. The summed E-state index contributed by atoms with van der Waals surface area (Å²) in [5.41, 5.74) is 18.8. The van der Waals surface area contributed by atoms with Crippen molar-refractivity contribution in [1.82, 2.24) is 0 Å². The number of benzene rings is 2. The van der Waals surface area contributed by atoms with E-state index in [9.17, 15) is 0 Å². The molecule has 6 N–H and O–H groups in total. The Bertz CT molecular complexity index is 676. The summed E-state index contributed by atoms with van der Waals surface area (Å²) in [7, 11) is 1.56. The molecule has 0 aliphatic heterocycles. The van der Waals surface area contributed by atoms with E-state index in [-0.39, 0.29) is 11.9 Å². The number of methoxy groups -OCH3 is 1. The van der Waals surface area contributed by atoms with Gasteiger partial charge < -0.3 is 21.9 Å². The smallest absolute Gasteiger partial charge is 0.223 e. The number of hydrogen-bond acceptors (Lipinski definition) is 2. The number of nitrogens with two attached hydrogens (primary N) is 3. The first-order valence-corrected chi connectivity index (χ1v) is 6.27. The molecule has 0 radical (unpaired) electrons. The van der Waals surface area contributed by atoms with Crippen LogP contribution in [0.1, 0.15) is 0 Å². The topological polar surface area (TPSA) is 112 Å². The van der Waals surface area contributed by atoms with Gasteiger partial charge in [-0.1, -0.05) is 36.4 Å². The Hall–Kier alpha value is -3.02. The van der Waals surface area contributed by atoms with E-state index >= 15 is 0 Å². The number of guanidine groups is 2. The summed E-state index contributed by atoms with van der Waals surface area (Å²) in [6.45, 7) is 0. The van der Waals surface area contributed by atoms with E-state index in [1.807, 2.05) is 48.5 Å². The third kappa shape index (κ3) is 3.73. The quantitative estimate of drug-likeness (QED) is 0.586. The van der Waals surface area contributed by atoms with E-state index in [1.165, 1.54) is 0 Å². The molecular weight excluding hydrogens is 266 g/mol. The Kier molecular flexibility index (Phi) is 4.40. The predicted octanol–water partition coefficient (Wildman–Crippen LogP) is 1.58. The molecule has 0 aliphatic rings. The van der Waals surface area contributed by atoms with Crippen molar-refractivity contribution >= 4 is 17.6 Å². The maximum absolute atomic E-state index is 5.67. The van der Waals surface area contributed by atoms with Gasteiger partial charge in [0.25, 0.3) is 0 Å². The van der Waals surface area contributed by atoms with Crippen molar-refractivity contribution < 1.29 is 4.74 Å². The second-order valence-corrected chi connectivity index (χ2v) is 4.26. The molecule has 108 valence electrons. The predicted molar refractivity (Wildman–Crippen MR) is 85.5 cm³/mol. The molecule has 2 aromatic rings. The monoisotopic (exact) mass is 283 g/mol. The molecule has 0 aromatic heterocycles. The summed E-state index contributed by atoms with van der Waals surface area (Å²) in [5, 5.41) is 0. The van der Waals surface area contributed by atoms with Crippen molar-refractivity contribution in [3.05, 3.63) is 48.5 Å². The number of hydrogen-bond donors (Lipinski definition) is 3. The fourth-order valence-electron chi connectivity index (χ4n) is 1.87. The van der Waals surface area contributed by atoms with Crippen molar-refractivity contribution in [2.45, 2.75) is 0 Å². The van der Waals surface area contributed by atoms with E-state index < -0.39 is 0 Å². The normalized spacial score (nSPS) is 11.0. The van der Waals surface area contributed by atoms with Crippen molar-refractivity contribution in [3.63, 3.8) is 0 Å². The molecule has 0 saturated heterocycles. The minimum Gasteiger partial charge on any atom is -0.494 e. The average Bonchev–Trinajstić information content (AvgIpc) is 2.47. The first-order valence-electron chi connectivity index (χ1n) is 6.27. The molecule has 21 heavy (non-hydrogen) atoms. The van der Waals surface area contributed by atoms with Crippen LogP contribution < -0.4 is 21.9 Å². The van der Waals surface area contributed by atoms with E-state index in [0.717, 1.165) is 11.1 Å². The molecule has 2 aromatic carbocycles. The second kappa shape index (κ2) is 6.42. The number of nitrogens with zero attached hydrogens (tertiary/aromatic N) is 2. The molecule has 0 unspecified atom stereocenters. The molecule has 0 heterocycles. The highest BCUT2D eigenvalue weighted by Gasteiger charge is 2.06. The highest BCUT2D eigenvalue weighted by atomic mass is 16.5. The van der Waals surface area contributed by atoms with Crippen LogP contribution in [0.15, 0.2) is 58.5 Å². The summed E-state index contributed by atoms with van der Waals surface area (Å²) >= 11 is 0. The Morgan fingerprint density at radius 3 is 2.29 bits per heavy atom. The number of aliphatic imine (C=N–C) groups is 2. The lowest BCUT2D eigenvalue weighted by atomic mass is 10.0. The standard InChI is InChI=1S/C15H17N5O/c1-21-13-8-7-11(10-5-3-2-4-6-10)9-12(13)19-15(18)20-14(16)17/h2-9H,1H3,(H6,16,17,18,19,20). The zero-order valence-electron chi connectivity index (χ0n) is 11.7. The molecule has 0 atom stereocenters. The number of rotatable bonds is 3. The van der Waals surface area contributed by atoms with E-state index in [4.69, 9.17) is 21.9 Å². The fourth-order valence-corrected chi connectivity index (χ4v) is 1.87. The Morgan fingerprint density at radius 1 is 0.952 bits per heavy atom. The molecule has 6 heteroatoms. The van der Waals surface area contributed by atoms with E-state index in [2.05, 4.69) is 9.98 Å². The Morgan fingerprint density at radius 2 is 1.67 bits per heavy atom. The minimum atomic E-state index is -0.144. The summed E-state index contributed by atoms with van der Waals surface area (Å²) in [6.07, 6.45) is 0. The Labute approximate surface area is 123 Å². The van der Waals surface area contributed by atoms with Gasteiger partial charge in [-0.15, -0.1) is 0 Å². The molecule has 0 fully saturated rings. The van der Waals surface area contributed by atoms with Gasteiger partial charge in [0.15, 0.2) is 5.96 Å². The molecule has 0 amide bonds. The minimum absolute atomic E-state index is 0.0292. The van der Waals surface area contributed by atoms with Crippen LogP contribution in [0.4, 0.5) is 5.69 Å². The van der Waals surface area contributed by atoms with Gasteiger partial charge in [-0.05, 0) is 23.3 Å². The van der Waals surface area contributed by atoms with Crippen molar-refractivity contribution in [2.75, 3.05) is 7.11 Å².